The van der Waals surface area contributed by atoms with Gasteiger partial charge in [0, 0.05) is 6.54 Å². The third kappa shape index (κ3) is 6.00. The van der Waals surface area contributed by atoms with Crippen LogP contribution in [-0.2, 0) is 9.53 Å². The van der Waals surface area contributed by atoms with Crippen molar-refractivity contribution in [1.82, 2.24) is 9.97 Å². The highest BCUT2D eigenvalue weighted by molar-refractivity contribution is 5.67. The van der Waals surface area contributed by atoms with Crippen molar-refractivity contribution < 1.29 is 19.4 Å². The van der Waals surface area contributed by atoms with E-state index in [4.69, 9.17) is 14.6 Å². The Hall–Kier alpha value is -1.89. The third-order valence-electron chi connectivity index (χ3n) is 1.75. The topological polar surface area (TPSA) is 93.6 Å². The SMILES string of the molecule is CC(C)Oc1cncc(NCCOCC(=O)O)n1. The van der Waals surface area contributed by atoms with Gasteiger partial charge in [0.1, 0.15) is 12.4 Å². The maximum Gasteiger partial charge on any atom is 0.329 e. The summed E-state index contributed by atoms with van der Waals surface area (Å²) in [5, 5.41) is 11.3. The van der Waals surface area contributed by atoms with E-state index in [9.17, 15) is 4.79 Å². The van der Waals surface area contributed by atoms with Crippen LogP contribution in [0.4, 0.5) is 5.82 Å². The Balaban J connectivity index is 2.31. The van der Waals surface area contributed by atoms with Gasteiger partial charge in [-0.05, 0) is 13.8 Å². The second kappa shape index (κ2) is 7.44. The molecule has 0 unspecified atom stereocenters. The number of hydrogen-bond donors (Lipinski definition) is 2. The fraction of sp³-hybridized carbons (Fsp3) is 0.545. The lowest BCUT2D eigenvalue weighted by Gasteiger charge is -2.10. The van der Waals surface area contributed by atoms with Gasteiger partial charge in [-0.3, -0.25) is 4.98 Å². The standard InChI is InChI=1S/C11H17N3O4/c1-8(2)18-10-6-12-5-9(14-10)13-3-4-17-7-11(15)16/h5-6,8H,3-4,7H2,1-2H3,(H,13,14)(H,15,16). The molecule has 1 heterocycles. The Kier molecular flexibility index (Phi) is 5.86. The first kappa shape index (κ1) is 14.2. The first-order chi connectivity index (χ1) is 8.58. The van der Waals surface area contributed by atoms with E-state index in [1.54, 1.807) is 6.20 Å². The van der Waals surface area contributed by atoms with Crippen molar-refractivity contribution in [2.75, 3.05) is 25.1 Å². The molecule has 0 fully saturated rings. The largest absolute Gasteiger partial charge is 0.480 e. The Labute approximate surface area is 105 Å². The summed E-state index contributed by atoms with van der Waals surface area (Å²) in [6, 6.07) is 0. The zero-order chi connectivity index (χ0) is 13.4. The monoisotopic (exact) mass is 255 g/mol. The number of nitrogens with one attached hydrogen (secondary N) is 1. The summed E-state index contributed by atoms with van der Waals surface area (Å²) in [5.74, 6) is 0.0238. The molecule has 0 radical (unpaired) electrons. The van der Waals surface area contributed by atoms with Crippen molar-refractivity contribution in [1.29, 1.82) is 0 Å². The Morgan fingerprint density at radius 2 is 2.28 bits per heavy atom. The van der Waals surface area contributed by atoms with Gasteiger partial charge in [-0.15, -0.1) is 0 Å². The Bertz CT molecular complexity index is 384. The number of anilines is 1. The zero-order valence-electron chi connectivity index (χ0n) is 10.4. The predicted molar refractivity (Wildman–Crippen MR) is 64.7 cm³/mol. The van der Waals surface area contributed by atoms with E-state index in [0.29, 0.717) is 18.2 Å². The molecule has 0 aliphatic heterocycles. The van der Waals surface area contributed by atoms with Gasteiger partial charge in [-0.1, -0.05) is 0 Å². The highest BCUT2D eigenvalue weighted by Crippen LogP contribution is 2.10. The van der Waals surface area contributed by atoms with Crippen LogP contribution in [0, 0.1) is 0 Å². The van der Waals surface area contributed by atoms with E-state index in [0.717, 1.165) is 0 Å². The van der Waals surface area contributed by atoms with Crippen molar-refractivity contribution in [3.05, 3.63) is 12.4 Å². The van der Waals surface area contributed by atoms with Crippen LogP contribution < -0.4 is 10.1 Å². The van der Waals surface area contributed by atoms with Gasteiger partial charge in [0.25, 0.3) is 0 Å². The summed E-state index contributed by atoms with van der Waals surface area (Å²) in [6.45, 7) is 4.24. The average molecular weight is 255 g/mol. The lowest BCUT2D eigenvalue weighted by molar-refractivity contribution is -0.142. The molecule has 1 aromatic rings. The fourth-order valence-electron chi connectivity index (χ4n) is 1.14. The molecule has 18 heavy (non-hydrogen) atoms. The van der Waals surface area contributed by atoms with Gasteiger partial charge in [0.05, 0.1) is 25.1 Å². The lowest BCUT2D eigenvalue weighted by atomic mass is 10.5. The van der Waals surface area contributed by atoms with Crippen LogP contribution >= 0.6 is 0 Å². The molecule has 0 spiro atoms. The molecule has 7 heteroatoms. The number of ether oxygens (including phenoxy) is 2. The maximum absolute atomic E-state index is 10.2. The quantitative estimate of drug-likeness (QED) is 0.663. The number of hydrogen-bond acceptors (Lipinski definition) is 6. The van der Waals surface area contributed by atoms with E-state index in [-0.39, 0.29) is 19.3 Å². The van der Waals surface area contributed by atoms with Gasteiger partial charge in [0.15, 0.2) is 0 Å². The second-order valence-electron chi connectivity index (χ2n) is 3.78. The molecule has 0 aromatic carbocycles. The average Bonchev–Trinajstić information content (AvgIpc) is 2.27. The molecule has 0 saturated carbocycles. The smallest absolute Gasteiger partial charge is 0.329 e. The lowest BCUT2D eigenvalue weighted by Crippen LogP contribution is -2.15. The van der Waals surface area contributed by atoms with Gasteiger partial charge in [-0.2, -0.15) is 4.98 Å². The Morgan fingerprint density at radius 1 is 1.50 bits per heavy atom. The summed E-state index contributed by atoms with van der Waals surface area (Å²) in [4.78, 5) is 18.4. The summed E-state index contributed by atoms with van der Waals surface area (Å²) in [7, 11) is 0. The molecular formula is C11H17N3O4. The highest BCUT2D eigenvalue weighted by Gasteiger charge is 2.02. The van der Waals surface area contributed by atoms with Crippen molar-refractivity contribution in [2.24, 2.45) is 0 Å². The van der Waals surface area contributed by atoms with Crippen LogP contribution in [0.2, 0.25) is 0 Å². The minimum atomic E-state index is -0.984. The van der Waals surface area contributed by atoms with Crippen molar-refractivity contribution in [3.8, 4) is 5.88 Å². The molecule has 100 valence electrons. The van der Waals surface area contributed by atoms with E-state index in [1.165, 1.54) is 6.20 Å². The van der Waals surface area contributed by atoms with Gasteiger partial charge >= 0.3 is 5.97 Å². The van der Waals surface area contributed by atoms with E-state index in [2.05, 4.69) is 15.3 Å². The summed E-state index contributed by atoms with van der Waals surface area (Å²) >= 11 is 0. The third-order valence-corrected chi connectivity index (χ3v) is 1.75. The second-order valence-corrected chi connectivity index (χ2v) is 3.78. The molecule has 0 bridgehead atoms. The first-order valence-corrected chi connectivity index (χ1v) is 5.60. The molecule has 0 aliphatic rings. The zero-order valence-corrected chi connectivity index (χ0v) is 10.4. The van der Waals surface area contributed by atoms with Gasteiger partial charge in [0.2, 0.25) is 5.88 Å². The normalized spacial score (nSPS) is 10.4. The number of aliphatic carboxylic acids is 1. The maximum atomic E-state index is 10.2. The molecule has 0 amide bonds. The van der Waals surface area contributed by atoms with Crippen molar-refractivity contribution in [3.63, 3.8) is 0 Å². The highest BCUT2D eigenvalue weighted by atomic mass is 16.5. The molecule has 1 rings (SSSR count). The van der Waals surface area contributed by atoms with Crippen LogP contribution in [-0.4, -0.2) is 46.9 Å². The summed E-state index contributed by atoms with van der Waals surface area (Å²) in [6.07, 6.45) is 3.13. The Morgan fingerprint density at radius 3 is 2.94 bits per heavy atom. The number of aromatic nitrogens is 2. The predicted octanol–water partition coefficient (Wildman–Crippen LogP) is 0.777. The summed E-state index contributed by atoms with van der Waals surface area (Å²) < 4.78 is 10.3. The number of rotatable bonds is 8. The fourth-order valence-corrected chi connectivity index (χ4v) is 1.14. The molecule has 0 saturated heterocycles. The minimum absolute atomic E-state index is 0.0356. The first-order valence-electron chi connectivity index (χ1n) is 5.60. The van der Waals surface area contributed by atoms with Crippen molar-refractivity contribution in [2.45, 2.75) is 20.0 Å². The van der Waals surface area contributed by atoms with E-state index >= 15 is 0 Å². The number of carbonyl (C=O) groups is 1. The van der Waals surface area contributed by atoms with Crippen LogP contribution in [0.25, 0.3) is 0 Å². The van der Waals surface area contributed by atoms with Crippen LogP contribution in [0.15, 0.2) is 12.4 Å². The van der Waals surface area contributed by atoms with Crippen LogP contribution in [0.5, 0.6) is 5.88 Å². The molecule has 0 atom stereocenters. The van der Waals surface area contributed by atoms with Gasteiger partial charge < -0.3 is 19.9 Å². The minimum Gasteiger partial charge on any atom is -0.480 e. The summed E-state index contributed by atoms with van der Waals surface area (Å²) in [5.41, 5.74) is 0. The van der Waals surface area contributed by atoms with Crippen LogP contribution in [0.3, 0.4) is 0 Å². The molecule has 1 aromatic heterocycles. The molecule has 2 N–H and O–H groups in total. The van der Waals surface area contributed by atoms with Crippen LogP contribution in [0.1, 0.15) is 13.8 Å². The number of carboxylic acid groups (broad SMARTS) is 1. The molecule has 0 aliphatic carbocycles. The number of nitrogens with zero attached hydrogens (tertiary/aromatic N) is 2. The molecule has 7 nitrogen and oxygen atoms in total. The van der Waals surface area contributed by atoms with Crippen molar-refractivity contribution >= 4 is 11.8 Å². The number of carboxylic acids is 1. The van der Waals surface area contributed by atoms with E-state index < -0.39 is 5.97 Å². The molecular weight excluding hydrogens is 238 g/mol. The van der Waals surface area contributed by atoms with E-state index in [1.807, 2.05) is 13.8 Å². The van der Waals surface area contributed by atoms with Gasteiger partial charge in [-0.25, -0.2) is 4.79 Å².